The summed E-state index contributed by atoms with van der Waals surface area (Å²) in [5.41, 5.74) is 6.36. The van der Waals surface area contributed by atoms with Gasteiger partial charge in [-0.05, 0) is 23.6 Å². The summed E-state index contributed by atoms with van der Waals surface area (Å²) >= 11 is 1.69. The fourth-order valence-electron chi connectivity index (χ4n) is 1.15. The standard InChI is InChI=1S/C11H11NOS/c12-9-3-1-4-10(7-9)13-8-11-5-2-6-14-11/h1-7H,8,12H2. The van der Waals surface area contributed by atoms with Crippen molar-refractivity contribution in [2.24, 2.45) is 0 Å². The third kappa shape index (κ3) is 2.26. The number of thiophene rings is 1. The minimum Gasteiger partial charge on any atom is -0.488 e. The van der Waals surface area contributed by atoms with E-state index in [1.54, 1.807) is 11.3 Å². The normalized spacial score (nSPS) is 10.0. The molecular formula is C11H11NOS. The zero-order valence-electron chi connectivity index (χ0n) is 7.64. The monoisotopic (exact) mass is 205 g/mol. The van der Waals surface area contributed by atoms with Crippen LogP contribution in [-0.4, -0.2) is 0 Å². The van der Waals surface area contributed by atoms with E-state index in [9.17, 15) is 0 Å². The lowest BCUT2D eigenvalue weighted by Crippen LogP contribution is -1.93. The van der Waals surface area contributed by atoms with Crippen LogP contribution in [0.3, 0.4) is 0 Å². The van der Waals surface area contributed by atoms with E-state index < -0.39 is 0 Å². The van der Waals surface area contributed by atoms with Crippen molar-refractivity contribution in [3.8, 4) is 5.75 Å². The van der Waals surface area contributed by atoms with E-state index in [-0.39, 0.29) is 0 Å². The van der Waals surface area contributed by atoms with Crippen molar-refractivity contribution >= 4 is 17.0 Å². The lowest BCUT2D eigenvalue weighted by atomic mass is 10.3. The highest BCUT2D eigenvalue weighted by molar-refractivity contribution is 7.09. The van der Waals surface area contributed by atoms with Crippen LogP contribution in [-0.2, 0) is 6.61 Å². The van der Waals surface area contributed by atoms with Gasteiger partial charge in [-0.3, -0.25) is 0 Å². The van der Waals surface area contributed by atoms with Crippen molar-refractivity contribution in [1.29, 1.82) is 0 Å². The van der Waals surface area contributed by atoms with Gasteiger partial charge in [0.2, 0.25) is 0 Å². The molecule has 0 aliphatic carbocycles. The van der Waals surface area contributed by atoms with Crippen molar-refractivity contribution in [3.05, 3.63) is 46.7 Å². The van der Waals surface area contributed by atoms with Gasteiger partial charge in [-0.2, -0.15) is 0 Å². The zero-order chi connectivity index (χ0) is 9.80. The highest BCUT2D eigenvalue weighted by atomic mass is 32.1. The summed E-state index contributed by atoms with van der Waals surface area (Å²) in [7, 11) is 0. The third-order valence-corrected chi connectivity index (χ3v) is 2.67. The molecule has 0 atom stereocenters. The van der Waals surface area contributed by atoms with Crippen molar-refractivity contribution in [2.75, 3.05) is 5.73 Å². The van der Waals surface area contributed by atoms with Crippen LogP contribution in [0.4, 0.5) is 5.69 Å². The van der Waals surface area contributed by atoms with Crippen LogP contribution in [0.1, 0.15) is 4.88 Å². The Morgan fingerprint density at radius 1 is 1.21 bits per heavy atom. The van der Waals surface area contributed by atoms with E-state index in [4.69, 9.17) is 10.5 Å². The number of hydrogen-bond donors (Lipinski definition) is 1. The van der Waals surface area contributed by atoms with E-state index in [1.807, 2.05) is 35.7 Å². The lowest BCUT2D eigenvalue weighted by Gasteiger charge is -2.04. The molecule has 0 fully saturated rings. The predicted octanol–water partition coefficient (Wildman–Crippen LogP) is 2.91. The minimum absolute atomic E-state index is 0.612. The van der Waals surface area contributed by atoms with Crippen molar-refractivity contribution in [3.63, 3.8) is 0 Å². The molecule has 2 rings (SSSR count). The van der Waals surface area contributed by atoms with Gasteiger partial charge in [0.05, 0.1) is 0 Å². The summed E-state index contributed by atoms with van der Waals surface area (Å²) < 4.78 is 5.56. The highest BCUT2D eigenvalue weighted by Crippen LogP contribution is 2.17. The summed E-state index contributed by atoms with van der Waals surface area (Å²) in [6.07, 6.45) is 0. The molecule has 1 heterocycles. The SMILES string of the molecule is Nc1cccc(OCc2cccs2)c1. The Bertz CT molecular complexity index is 397. The Balaban J connectivity index is 1.98. The van der Waals surface area contributed by atoms with E-state index >= 15 is 0 Å². The van der Waals surface area contributed by atoms with Crippen molar-refractivity contribution in [2.45, 2.75) is 6.61 Å². The molecule has 2 aromatic rings. The second-order valence-electron chi connectivity index (χ2n) is 2.94. The van der Waals surface area contributed by atoms with Crippen molar-refractivity contribution in [1.82, 2.24) is 0 Å². The molecule has 0 unspecified atom stereocenters. The first kappa shape index (κ1) is 9.09. The molecule has 0 bridgehead atoms. The molecule has 0 radical (unpaired) electrons. The molecule has 2 N–H and O–H groups in total. The Kier molecular flexibility index (Phi) is 2.70. The number of nitrogen functional groups attached to an aromatic ring is 1. The molecule has 3 heteroatoms. The van der Waals surface area contributed by atoms with E-state index in [2.05, 4.69) is 6.07 Å². The fourth-order valence-corrected chi connectivity index (χ4v) is 1.77. The third-order valence-electron chi connectivity index (χ3n) is 1.82. The molecule has 0 spiro atoms. The lowest BCUT2D eigenvalue weighted by molar-refractivity contribution is 0.310. The van der Waals surface area contributed by atoms with Gasteiger partial charge in [0.15, 0.2) is 0 Å². The van der Waals surface area contributed by atoms with Gasteiger partial charge in [0.1, 0.15) is 12.4 Å². The van der Waals surface area contributed by atoms with Crippen LogP contribution in [0.15, 0.2) is 41.8 Å². The smallest absolute Gasteiger partial charge is 0.122 e. The number of nitrogens with two attached hydrogens (primary N) is 1. The van der Waals surface area contributed by atoms with Crippen LogP contribution in [0.5, 0.6) is 5.75 Å². The molecular weight excluding hydrogens is 194 g/mol. The molecule has 0 saturated heterocycles. The Morgan fingerprint density at radius 2 is 2.14 bits per heavy atom. The maximum Gasteiger partial charge on any atom is 0.122 e. The number of anilines is 1. The summed E-state index contributed by atoms with van der Waals surface area (Å²) in [5.74, 6) is 0.818. The fraction of sp³-hybridized carbons (Fsp3) is 0.0909. The first-order chi connectivity index (χ1) is 6.84. The zero-order valence-corrected chi connectivity index (χ0v) is 8.46. The van der Waals surface area contributed by atoms with Gasteiger partial charge in [0.25, 0.3) is 0 Å². The van der Waals surface area contributed by atoms with Crippen LogP contribution >= 0.6 is 11.3 Å². The first-order valence-electron chi connectivity index (χ1n) is 4.35. The van der Waals surface area contributed by atoms with Gasteiger partial charge in [-0.15, -0.1) is 11.3 Å². The molecule has 72 valence electrons. The Hall–Kier alpha value is -1.48. The summed E-state index contributed by atoms with van der Waals surface area (Å²) in [6.45, 7) is 0.612. The first-order valence-corrected chi connectivity index (χ1v) is 5.23. The average molecular weight is 205 g/mol. The molecule has 14 heavy (non-hydrogen) atoms. The van der Waals surface area contributed by atoms with Gasteiger partial charge in [-0.1, -0.05) is 12.1 Å². The quantitative estimate of drug-likeness (QED) is 0.782. The van der Waals surface area contributed by atoms with Crippen molar-refractivity contribution < 1.29 is 4.74 Å². The number of ether oxygens (including phenoxy) is 1. The molecule has 0 amide bonds. The largest absolute Gasteiger partial charge is 0.488 e. The van der Waals surface area contributed by atoms with Crippen LogP contribution in [0, 0.1) is 0 Å². The topological polar surface area (TPSA) is 35.2 Å². The molecule has 1 aromatic heterocycles. The van der Waals surface area contributed by atoms with Crippen LogP contribution in [0.25, 0.3) is 0 Å². The molecule has 0 aliphatic heterocycles. The van der Waals surface area contributed by atoms with Gasteiger partial charge >= 0.3 is 0 Å². The maximum atomic E-state index is 5.63. The summed E-state index contributed by atoms with van der Waals surface area (Å²) in [6, 6.07) is 11.5. The number of benzene rings is 1. The molecule has 0 aliphatic rings. The van der Waals surface area contributed by atoms with Gasteiger partial charge < -0.3 is 10.5 Å². The van der Waals surface area contributed by atoms with Gasteiger partial charge in [0, 0.05) is 16.6 Å². The second-order valence-corrected chi connectivity index (χ2v) is 3.97. The maximum absolute atomic E-state index is 5.63. The number of hydrogen-bond acceptors (Lipinski definition) is 3. The highest BCUT2D eigenvalue weighted by Gasteiger charge is 1.96. The molecule has 1 aromatic carbocycles. The number of rotatable bonds is 3. The van der Waals surface area contributed by atoms with Gasteiger partial charge in [-0.25, -0.2) is 0 Å². The Morgan fingerprint density at radius 3 is 2.86 bits per heavy atom. The van der Waals surface area contributed by atoms with E-state index in [1.165, 1.54) is 4.88 Å². The van der Waals surface area contributed by atoms with Crippen LogP contribution in [0.2, 0.25) is 0 Å². The van der Waals surface area contributed by atoms with Crippen LogP contribution < -0.4 is 10.5 Å². The molecule has 2 nitrogen and oxygen atoms in total. The Labute approximate surface area is 86.9 Å². The van der Waals surface area contributed by atoms with E-state index in [0.717, 1.165) is 11.4 Å². The average Bonchev–Trinajstić information content (AvgIpc) is 2.67. The predicted molar refractivity (Wildman–Crippen MR) is 59.5 cm³/mol. The minimum atomic E-state index is 0.612. The second kappa shape index (κ2) is 4.15. The summed E-state index contributed by atoms with van der Waals surface area (Å²) in [4.78, 5) is 1.22. The summed E-state index contributed by atoms with van der Waals surface area (Å²) in [5, 5.41) is 2.04. The van der Waals surface area contributed by atoms with E-state index in [0.29, 0.717) is 6.61 Å². The molecule has 0 saturated carbocycles.